The molecule has 1 heterocycles. The lowest BCUT2D eigenvalue weighted by Gasteiger charge is -2.09. The monoisotopic (exact) mass is 401 g/mol. The first-order chi connectivity index (χ1) is 12.0. The Balaban J connectivity index is 1.75. The number of nitrogens with zero attached hydrogens (tertiary/aromatic N) is 2. The van der Waals surface area contributed by atoms with Crippen LogP contribution in [0.3, 0.4) is 0 Å². The predicted molar refractivity (Wildman–Crippen MR) is 96.7 cm³/mol. The number of carbonyl (C=O) groups is 1. The molecule has 0 aliphatic heterocycles. The number of hydrogen-bond acceptors (Lipinski definition) is 5. The summed E-state index contributed by atoms with van der Waals surface area (Å²) in [5.41, 5.74) is 0.923. The quantitative estimate of drug-likeness (QED) is 0.516. The number of carbonyl (C=O) groups excluding carboxylic acids is 1. The van der Waals surface area contributed by atoms with Gasteiger partial charge < -0.3 is 10.1 Å². The van der Waals surface area contributed by atoms with E-state index < -0.39 is 4.92 Å². The van der Waals surface area contributed by atoms with Crippen molar-refractivity contribution >= 4 is 44.1 Å². The summed E-state index contributed by atoms with van der Waals surface area (Å²) in [6.07, 6.45) is 1.51. The fourth-order valence-electron chi connectivity index (χ4n) is 2.28. The lowest BCUT2D eigenvalue weighted by Crippen LogP contribution is -2.20. The zero-order valence-electron chi connectivity index (χ0n) is 12.8. The van der Waals surface area contributed by atoms with Crippen molar-refractivity contribution in [1.82, 2.24) is 4.98 Å². The Kier molecular flexibility index (Phi) is 4.90. The Hall–Kier alpha value is -3.00. The molecule has 0 unspecified atom stereocenters. The zero-order valence-corrected chi connectivity index (χ0v) is 14.4. The van der Waals surface area contributed by atoms with Gasteiger partial charge in [0.2, 0.25) is 0 Å². The van der Waals surface area contributed by atoms with E-state index in [4.69, 9.17) is 4.74 Å². The van der Waals surface area contributed by atoms with Crippen molar-refractivity contribution in [2.45, 2.75) is 0 Å². The van der Waals surface area contributed by atoms with Crippen LogP contribution in [0.2, 0.25) is 0 Å². The first-order valence-corrected chi connectivity index (χ1v) is 8.04. The van der Waals surface area contributed by atoms with Gasteiger partial charge in [0, 0.05) is 22.4 Å². The number of non-ortho nitro benzene ring substituents is 1. The smallest absolute Gasteiger partial charge is 0.279 e. The molecular formula is C17H12BrN3O4. The van der Waals surface area contributed by atoms with Crippen LogP contribution in [0, 0.1) is 10.1 Å². The summed E-state index contributed by atoms with van der Waals surface area (Å²) in [7, 11) is 0. The summed E-state index contributed by atoms with van der Waals surface area (Å²) >= 11 is 3.32. The number of benzene rings is 2. The molecule has 8 heteroatoms. The molecule has 0 radical (unpaired) electrons. The van der Waals surface area contributed by atoms with E-state index in [9.17, 15) is 14.9 Å². The number of pyridine rings is 1. The van der Waals surface area contributed by atoms with Gasteiger partial charge in [-0.1, -0.05) is 15.9 Å². The number of hydrogen-bond donors (Lipinski definition) is 1. The number of rotatable bonds is 5. The molecule has 0 atom stereocenters. The molecule has 0 bridgehead atoms. The van der Waals surface area contributed by atoms with Crippen molar-refractivity contribution in [2.24, 2.45) is 0 Å². The van der Waals surface area contributed by atoms with Gasteiger partial charge >= 0.3 is 0 Å². The second-order valence-corrected chi connectivity index (χ2v) is 6.00. The van der Waals surface area contributed by atoms with Crippen molar-refractivity contribution in [3.8, 4) is 5.75 Å². The van der Waals surface area contributed by atoms with Gasteiger partial charge in [-0.3, -0.25) is 19.9 Å². The van der Waals surface area contributed by atoms with Crippen molar-refractivity contribution in [2.75, 3.05) is 11.9 Å². The van der Waals surface area contributed by atoms with Crippen LogP contribution in [0.1, 0.15) is 0 Å². The molecule has 0 saturated heterocycles. The molecule has 0 fully saturated rings. The van der Waals surface area contributed by atoms with Crippen LogP contribution in [-0.2, 0) is 4.79 Å². The fraction of sp³-hybridized carbons (Fsp3) is 0.0588. The lowest BCUT2D eigenvalue weighted by molar-refractivity contribution is -0.383. The first kappa shape index (κ1) is 16.8. The van der Waals surface area contributed by atoms with E-state index in [1.54, 1.807) is 24.3 Å². The highest BCUT2D eigenvalue weighted by Crippen LogP contribution is 2.31. The van der Waals surface area contributed by atoms with Gasteiger partial charge in [0.15, 0.2) is 6.61 Å². The minimum Gasteiger partial charge on any atom is -0.481 e. The van der Waals surface area contributed by atoms with Crippen LogP contribution < -0.4 is 10.1 Å². The molecule has 2 aromatic carbocycles. The lowest BCUT2D eigenvalue weighted by atomic mass is 10.1. The van der Waals surface area contributed by atoms with E-state index >= 15 is 0 Å². The van der Waals surface area contributed by atoms with Gasteiger partial charge in [-0.15, -0.1) is 0 Å². The van der Waals surface area contributed by atoms with Gasteiger partial charge in [0.1, 0.15) is 11.3 Å². The third kappa shape index (κ3) is 3.92. The van der Waals surface area contributed by atoms with Crippen LogP contribution in [0.5, 0.6) is 5.75 Å². The molecular weight excluding hydrogens is 390 g/mol. The Morgan fingerprint density at radius 1 is 1.20 bits per heavy atom. The average Bonchev–Trinajstić information content (AvgIpc) is 2.61. The molecule has 3 rings (SSSR count). The standard InChI is InChI=1S/C17H12BrN3O4/c18-11-3-5-12(6-4-11)20-16(22)10-25-15-8-7-14(21(23)24)13-2-1-9-19-17(13)15/h1-9H,10H2,(H,20,22). The number of nitro groups is 1. The van der Waals surface area contributed by atoms with E-state index in [1.807, 2.05) is 12.1 Å². The van der Waals surface area contributed by atoms with Gasteiger partial charge in [0.25, 0.3) is 11.6 Å². The van der Waals surface area contributed by atoms with Gasteiger partial charge in [-0.2, -0.15) is 0 Å². The van der Waals surface area contributed by atoms with Crippen molar-refractivity contribution in [3.05, 3.63) is 69.3 Å². The minimum atomic E-state index is -0.478. The molecule has 7 nitrogen and oxygen atoms in total. The number of anilines is 1. The minimum absolute atomic E-state index is 0.0604. The molecule has 0 aliphatic rings. The Morgan fingerprint density at radius 2 is 1.96 bits per heavy atom. The summed E-state index contributed by atoms with van der Waals surface area (Å²) in [5, 5.41) is 14.2. The SMILES string of the molecule is O=C(COc1ccc([N+](=O)[O-])c2cccnc12)Nc1ccc(Br)cc1. The predicted octanol–water partition coefficient (Wildman–Crippen LogP) is 3.92. The van der Waals surface area contributed by atoms with Crippen LogP contribution in [0.4, 0.5) is 11.4 Å². The number of ether oxygens (including phenoxy) is 1. The molecule has 1 N–H and O–H groups in total. The molecule has 3 aromatic rings. The third-order valence-corrected chi connectivity index (χ3v) is 3.92. The van der Waals surface area contributed by atoms with E-state index in [-0.39, 0.29) is 18.2 Å². The van der Waals surface area contributed by atoms with Gasteiger partial charge in [0.05, 0.1) is 10.3 Å². The topological polar surface area (TPSA) is 94.4 Å². The van der Waals surface area contributed by atoms with Crippen LogP contribution in [0.25, 0.3) is 10.9 Å². The number of fused-ring (bicyclic) bond motifs is 1. The van der Waals surface area contributed by atoms with Crippen LogP contribution >= 0.6 is 15.9 Å². The summed E-state index contributed by atoms with van der Waals surface area (Å²) < 4.78 is 6.41. The normalized spacial score (nSPS) is 10.4. The molecule has 1 aromatic heterocycles. The Labute approximate surface area is 150 Å². The average molecular weight is 402 g/mol. The highest BCUT2D eigenvalue weighted by atomic mass is 79.9. The summed E-state index contributed by atoms with van der Waals surface area (Å²) in [5.74, 6) is -0.0306. The van der Waals surface area contributed by atoms with E-state index in [1.165, 1.54) is 18.3 Å². The number of halogens is 1. The van der Waals surface area contributed by atoms with Crippen LogP contribution in [-0.4, -0.2) is 22.4 Å². The van der Waals surface area contributed by atoms with E-state index in [2.05, 4.69) is 26.2 Å². The molecule has 0 aliphatic carbocycles. The second-order valence-electron chi connectivity index (χ2n) is 5.08. The maximum absolute atomic E-state index is 12.0. The maximum atomic E-state index is 12.0. The van der Waals surface area contributed by atoms with Crippen molar-refractivity contribution in [1.29, 1.82) is 0 Å². The first-order valence-electron chi connectivity index (χ1n) is 7.25. The molecule has 0 spiro atoms. The van der Waals surface area contributed by atoms with Crippen molar-refractivity contribution in [3.63, 3.8) is 0 Å². The Bertz CT molecular complexity index is 944. The highest BCUT2D eigenvalue weighted by molar-refractivity contribution is 9.10. The van der Waals surface area contributed by atoms with Gasteiger partial charge in [-0.05, 0) is 42.5 Å². The number of aromatic nitrogens is 1. The molecule has 25 heavy (non-hydrogen) atoms. The summed E-state index contributed by atoms with van der Waals surface area (Å²) in [4.78, 5) is 26.7. The molecule has 1 amide bonds. The summed E-state index contributed by atoms with van der Waals surface area (Å²) in [6.45, 7) is -0.237. The van der Waals surface area contributed by atoms with E-state index in [0.717, 1.165) is 4.47 Å². The number of nitro benzene ring substituents is 1. The highest BCUT2D eigenvalue weighted by Gasteiger charge is 2.16. The summed E-state index contributed by atoms with van der Waals surface area (Å²) in [6, 6.07) is 13.1. The fourth-order valence-corrected chi connectivity index (χ4v) is 2.55. The third-order valence-electron chi connectivity index (χ3n) is 3.39. The Morgan fingerprint density at radius 3 is 2.68 bits per heavy atom. The zero-order chi connectivity index (χ0) is 17.8. The molecule has 0 saturated carbocycles. The van der Waals surface area contributed by atoms with Crippen LogP contribution in [0.15, 0.2) is 59.2 Å². The van der Waals surface area contributed by atoms with Crippen molar-refractivity contribution < 1.29 is 14.5 Å². The number of amides is 1. The van der Waals surface area contributed by atoms with Gasteiger partial charge in [-0.25, -0.2) is 0 Å². The second kappa shape index (κ2) is 7.27. The molecule has 126 valence electrons. The largest absolute Gasteiger partial charge is 0.481 e. The van der Waals surface area contributed by atoms with E-state index in [0.29, 0.717) is 22.3 Å². The maximum Gasteiger partial charge on any atom is 0.279 e. The number of nitrogens with one attached hydrogen (secondary N) is 1.